The van der Waals surface area contributed by atoms with Crippen LogP contribution in [0, 0.1) is 0 Å². The molecule has 0 fully saturated rings. The molecule has 0 N–H and O–H groups in total. The minimum atomic E-state index is -0.774. The second-order valence-electron chi connectivity index (χ2n) is 25.9. The van der Waals surface area contributed by atoms with E-state index in [9.17, 15) is 14.4 Å². The normalized spacial score (nSPS) is 12.1. The van der Waals surface area contributed by atoms with Crippen molar-refractivity contribution in [1.82, 2.24) is 0 Å². The SMILES string of the molecule is CCCCC/C=C\C/C=C\CCCCCCCC(=O)OCC(COC(=O)CCCCCCCCCCCCCCCCCCCCCCCCCCCCCCCCCCCC)OC(=O)CCCCCCCCCCCCCCCCCC. The topological polar surface area (TPSA) is 78.9 Å². The van der Waals surface area contributed by atoms with Crippen LogP contribution >= 0.6 is 0 Å². The average Bonchev–Trinajstić information content (AvgIpc) is 3.49. The number of ether oxygens (including phenoxy) is 3. The third-order valence-electron chi connectivity index (χ3n) is 17.5. The molecule has 0 saturated heterocycles. The lowest BCUT2D eigenvalue weighted by Crippen LogP contribution is -2.30. The van der Waals surface area contributed by atoms with Crippen molar-refractivity contribution < 1.29 is 28.6 Å². The van der Waals surface area contributed by atoms with Gasteiger partial charge in [0.2, 0.25) is 0 Å². The minimum absolute atomic E-state index is 0.0693. The van der Waals surface area contributed by atoms with Gasteiger partial charge in [0.05, 0.1) is 0 Å². The van der Waals surface area contributed by atoms with E-state index in [1.54, 1.807) is 0 Å². The van der Waals surface area contributed by atoms with Gasteiger partial charge in [-0.1, -0.05) is 385 Å². The first-order chi connectivity index (χ1) is 41.0. The van der Waals surface area contributed by atoms with Gasteiger partial charge in [-0.05, 0) is 51.4 Å². The van der Waals surface area contributed by atoms with Gasteiger partial charge in [0.25, 0.3) is 0 Å². The Labute approximate surface area is 519 Å². The molecule has 0 rings (SSSR count). The Bertz CT molecular complexity index is 1340. The highest BCUT2D eigenvalue weighted by Gasteiger charge is 2.20. The number of allylic oxidation sites excluding steroid dienone is 4. The molecule has 0 aliphatic carbocycles. The van der Waals surface area contributed by atoms with Gasteiger partial charge in [-0.3, -0.25) is 14.4 Å². The van der Waals surface area contributed by atoms with Crippen molar-refractivity contribution in [3.05, 3.63) is 24.3 Å². The van der Waals surface area contributed by atoms with Crippen LogP contribution in [0.2, 0.25) is 0 Å². The number of carbonyl (C=O) groups excluding carboxylic acids is 3. The van der Waals surface area contributed by atoms with Crippen molar-refractivity contribution in [1.29, 1.82) is 0 Å². The molecule has 0 aliphatic heterocycles. The van der Waals surface area contributed by atoms with Crippen LogP contribution in [-0.4, -0.2) is 37.2 Å². The fourth-order valence-electron chi connectivity index (χ4n) is 11.8. The number of carbonyl (C=O) groups is 3. The minimum Gasteiger partial charge on any atom is -0.462 e. The first kappa shape index (κ1) is 80.9. The first-order valence-electron chi connectivity index (χ1n) is 37.8. The molecule has 490 valence electrons. The molecule has 0 aromatic carbocycles. The molecular weight excluding hydrogens is 1020 g/mol. The van der Waals surface area contributed by atoms with E-state index in [1.807, 2.05) is 0 Å². The number of unbranched alkanes of at least 4 members (excludes halogenated alkanes) is 56. The molecule has 0 saturated carbocycles. The highest BCUT2D eigenvalue weighted by molar-refractivity contribution is 5.71. The number of hydrogen-bond acceptors (Lipinski definition) is 6. The molecule has 0 spiro atoms. The molecule has 1 atom stereocenters. The van der Waals surface area contributed by atoms with E-state index in [0.29, 0.717) is 19.3 Å². The summed E-state index contributed by atoms with van der Waals surface area (Å²) < 4.78 is 17.0. The summed E-state index contributed by atoms with van der Waals surface area (Å²) in [5, 5.41) is 0. The van der Waals surface area contributed by atoms with E-state index in [-0.39, 0.29) is 31.1 Å². The summed E-state index contributed by atoms with van der Waals surface area (Å²) >= 11 is 0. The van der Waals surface area contributed by atoms with E-state index in [0.717, 1.165) is 77.0 Å². The smallest absolute Gasteiger partial charge is 0.306 e. The maximum atomic E-state index is 12.9. The Hall–Kier alpha value is -2.11. The van der Waals surface area contributed by atoms with Crippen molar-refractivity contribution in [3.63, 3.8) is 0 Å². The summed E-state index contributed by atoms with van der Waals surface area (Å²) in [5.74, 6) is -0.851. The molecular formula is C77H146O6. The molecule has 0 aliphatic rings. The molecule has 0 aromatic rings. The number of rotatable bonds is 71. The lowest BCUT2D eigenvalue weighted by molar-refractivity contribution is -0.167. The summed E-state index contributed by atoms with van der Waals surface area (Å²) in [6, 6.07) is 0. The van der Waals surface area contributed by atoms with E-state index in [1.165, 1.54) is 315 Å². The van der Waals surface area contributed by atoms with Gasteiger partial charge in [-0.25, -0.2) is 0 Å². The van der Waals surface area contributed by atoms with Crippen LogP contribution in [0.3, 0.4) is 0 Å². The Morgan fingerprint density at radius 3 is 0.687 bits per heavy atom. The van der Waals surface area contributed by atoms with Gasteiger partial charge in [-0.2, -0.15) is 0 Å². The van der Waals surface area contributed by atoms with Gasteiger partial charge < -0.3 is 14.2 Å². The summed E-state index contributed by atoms with van der Waals surface area (Å²) in [6.07, 6.45) is 89.6. The summed E-state index contributed by atoms with van der Waals surface area (Å²) in [5.41, 5.74) is 0. The van der Waals surface area contributed by atoms with Gasteiger partial charge in [-0.15, -0.1) is 0 Å². The molecule has 0 radical (unpaired) electrons. The van der Waals surface area contributed by atoms with E-state index >= 15 is 0 Å². The molecule has 6 heteroatoms. The quantitative estimate of drug-likeness (QED) is 0.0261. The molecule has 0 heterocycles. The van der Waals surface area contributed by atoms with Gasteiger partial charge in [0.1, 0.15) is 13.2 Å². The zero-order valence-corrected chi connectivity index (χ0v) is 56.5. The third kappa shape index (κ3) is 70.5. The van der Waals surface area contributed by atoms with Crippen molar-refractivity contribution in [2.75, 3.05) is 13.2 Å². The zero-order chi connectivity index (χ0) is 59.9. The van der Waals surface area contributed by atoms with Gasteiger partial charge in [0.15, 0.2) is 6.10 Å². The average molecular weight is 1170 g/mol. The van der Waals surface area contributed by atoms with Crippen LogP contribution in [0.15, 0.2) is 24.3 Å². The fourth-order valence-corrected chi connectivity index (χ4v) is 11.8. The Kier molecular flexibility index (Phi) is 70.5. The number of esters is 3. The third-order valence-corrected chi connectivity index (χ3v) is 17.5. The summed E-state index contributed by atoms with van der Waals surface area (Å²) in [6.45, 7) is 6.69. The van der Waals surface area contributed by atoms with Crippen LogP contribution in [0.25, 0.3) is 0 Å². The van der Waals surface area contributed by atoms with Gasteiger partial charge in [0, 0.05) is 19.3 Å². The lowest BCUT2D eigenvalue weighted by atomic mass is 10.0. The second-order valence-corrected chi connectivity index (χ2v) is 25.9. The molecule has 0 bridgehead atoms. The van der Waals surface area contributed by atoms with Crippen molar-refractivity contribution in [3.8, 4) is 0 Å². The Morgan fingerprint density at radius 1 is 0.241 bits per heavy atom. The monoisotopic (exact) mass is 1170 g/mol. The maximum Gasteiger partial charge on any atom is 0.306 e. The maximum absolute atomic E-state index is 12.9. The molecule has 0 aromatic heterocycles. The lowest BCUT2D eigenvalue weighted by Gasteiger charge is -2.18. The number of hydrogen-bond donors (Lipinski definition) is 0. The van der Waals surface area contributed by atoms with Gasteiger partial charge >= 0.3 is 17.9 Å². The zero-order valence-electron chi connectivity index (χ0n) is 56.5. The van der Waals surface area contributed by atoms with Crippen LogP contribution in [0.5, 0.6) is 0 Å². The van der Waals surface area contributed by atoms with Crippen LogP contribution < -0.4 is 0 Å². The largest absolute Gasteiger partial charge is 0.462 e. The van der Waals surface area contributed by atoms with Crippen molar-refractivity contribution in [2.24, 2.45) is 0 Å². The molecule has 1 unspecified atom stereocenters. The van der Waals surface area contributed by atoms with E-state index in [2.05, 4.69) is 45.1 Å². The summed E-state index contributed by atoms with van der Waals surface area (Å²) in [4.78, 5) is 38.4. The van der Waals surface area contributed by atoms with E-state index < -0.39 is 6.10 Å². The van der Waals surface area contributed by atoms with Crippen molar-refractivity contribution >= 4 is 17.9 Å². The predicted molar refractivity (Wildman–Crippen MR) is 363 cm³/mol. The molecule has 6 nitrogen and oxygen atoms in total. The molecule has 83 heavy (non-hydrogen) atoms. The second kappa shape index (κ2) is 72.4. The fraction of sp³-hybridized carbons (Fsp3) is 0.909. The predicted octanol–water partition coefficient (Wildman–Crippen LogP) is 26.1. The standard InChI is InChI=1S/C77H146O6/c1-4-7-10-13-16-19-22-25-28-30-31-32-33-34-35-36-37-38-39-40-41-42-43-44-45-46-47-50-52-55-58-61-64-67-70-76(79)82-73-74(72-81-75(78)69-66-63-60-57-54-51-48-27-24-21-18-15-12-9-6-3)83-77(80)71-68-65-62-59-56-53-49-29-26-23-20-17-14-11-8-5-2/h18,21,27,48,74H,4-17,19-20,22-26,28-47,49-73H2,1-3H3/b21-18-,48-27-. The molecule has 0 amide bonds. The Balaban J connectivity index is 4.08. The highest BCUT2D eigenvalue weighted by Crippen LogP contribution is 2.20. The van der Waals surface area contributed by atoms with Crippen LogP contribution in [0.4, 0.5) is 0 Å². The van der Waals surface area contributed by atoms with Crippen LogP contribution in [-0.2, 0) is 28.6 Å². The van der Waals surface area contributed by atoms with Crippen LogP contribution in [0.1, 0.15) is 432 Å². The summed E-state index contributed by atoms with van der Waals surface area (Å²) in [7, 11) is 0. The Morgan fingerprint density at radius 2 is 0.434 bits per heavy atom. The first-order valence-corrected chi connectivity index (χ1v) is 37.8. The highest BCUT2D eigenvalue weighted by atomic mass is 16.6. The van der Waals surface area contributed by atoms with Crippen molar-refractivity contribution in [2.45, 2.75) is 438 Å². The van der Waals surface area contributed by atoms with E-state index in [4.69, 9.17) is 14.2 Å².